The van der Waals surface area contributed by atoms with Crippen molar-refractivity contribution in [2.24, 2.45) is 0 Å². The SMILES string of the molecule is CCCCOc1ccccc1C(O)CNC(C)(C)Cc1ccc(OC)c(OC)c1.Cl. The summed E-state index contributed by atoms with van der Waals surface area (Å²) in [5.41, 5.74) is 1.74. The zero-order valence-electron chi connectivity index (χ0n) is 18.7. The van der Waals surface area contributed by atoms with Crippen LogP contribution >= 0.6 is 12.4 Å². The maximum Gasteiger partial charge on any atom is 0.160 e. The van der Waals surface area contributed by atoms with Crippen LogP contribution < -0.4 is 19.5 Å². The van der Waals surface area contributed by atoms with Gasteiger partial charge < -0.3 is 24.6 Å². The molecule has 0 aromatic heterocycles. The number of aliphatic hydroxyl groups is 1. The Bertz CT molecular complexity index is 767. The predicted molar refractivity (Wildman–Crippen MR) is 124 cm³/mol. The van der Waals surface area contributed by atoms with Gasteiger partial charge in [0.25, 0.3) is 0 Å². The number of ether oxygens (including phenoxy) is 3. The van der Waals surface area contributed by atoms with Gasteiger partial charge in [-0.3, -0.25) is 0 Å². The van der Waals surface area contributed by atoms with Crippen molar-refractivity contribution in [1.29, 1.82) is 0 Å². The fourth-order valence-corrected chi connectivity index (χ4v) is 3.26. The fourth-order valence-electron chi connectivity index (χ4n) is 3.26. The van der Waals surface area contributed by atoms with Crippen LogP contribution in [0.5, 0.6) is 17.2 Å². The van der Waals surface area contributed by atoms with Crippen molar-refractivity contribution >= 4 is 12.4 Å². The molecule has 30 heavy (non-hydrogen) atoms. The van der Waals surface area contributed by atoms with Gasteiger partial charge in [0.15, 0.2) is 11.5 Å². The zero-order chi connectivity index (χ0) is 21.3. The third-order valence-corrected chi connectivity index (χ3v) is 4.90. The molecule has 0 radical (unpaired) electrons. The standard InChI is InChI=1S/C24H35NO4.ClH/c1-6-7-14-29-21-11-9-8-10-19(21)20(26)17-25-24(2,3)16-18-12-13-22(27-4)23(15-18)28-5;/h8-13,15,20,25-26H,6-7,14,16-17H2,1-5H3;1H. The lowest BCUT2D eigenvalue weighted by Crippen LogP contribution is -2.43. The van der Waals surface area contributed by atoms with Gasteiger partial charge in [0.05, 0.1) is 26.9 Å². The molecule has 2 N–H and O–H groups in total. The topological polar surface area (TPSA) is 60.0 Å². The lowest BCUT2D eigenvalue weighted by Gasteiger charge is -2.29. The molecule has 0 aliphatic rings. The number of methoxy groups -OCH3 is 2. The summed E-state index contributed by atoms with van der Waals surface area (Å²) in [6.45, 7) is 7.49. The third-order valence-electron chi connectivity index (χ3n) is 4.90. The minimum absolute atomic E-state index is 0. The van der Waals surface area contributed by atoms with Gasteiger partial charge in [0.1, 0.15) is 5.75 Å². The largest absolute Gasteiger partial charge is 0.493 e. The molecule has 168 valence electrons. The summed E-state index contributed by atoms with van der Waals surface area (Å²) in [6, 6.07) is 13.7. The molecule has 0 saturated carbocycles. The van der Waals surface area contributed by atoms with Gasteiger partial charge in [-0.2, -0.15) is 0 Å². The van der Waals surface area contributed by atoms with Crippen molar-refractivity contribution in [3.8, 4) is 17.2 Å². The molecule has 0 aliphatic carbocycles. The molecule has 0 spiro atoms. The molecule has 1 atom stereocenters. The van der Waals surface area contributed by atoms with Crippen molar-refractivity contribution in [3.63, 3.8) is 0 Å². The average Bonchev–Trinajstić information content (AvgIpc) is 2.72. The number of aliphatic hydroxyl groups excluding tert-OH is 1. The second-order valence-corrected chi connectivity index (χ2v) is 7.89. The van der Waals surface area contributed by atoms with Crippen LogP contribution in [-0.4, -0.2) is 38.0 Å². The van der Waals surface area contributed by atoms with Crippen LogP contribution in [0.2, 0.25) is 0 Å². The van der Waals surface area contributed by atoms with Crippen LogP contribution in [0.3, 0.4) is 0 Å². The molecule has 0 amide bonds. The number of β-amino-alcohol motifs (C(OH)–C–C–N with tert-alkyl or cyclic N) is 1. The highest BCUT2D eigenvalue weighted by atomic mass is 35.5. The first-order chi connectivity index (χ1) is 13.9. The second kappa shape index (κ2) is 12.7. The quantitative estimate of drug-likeness (QED) is 0.460. The Morgan fingerprint density at radius 3 is 2.37 bits per heavy atom. The summed E-state index contributed by atoms with van der Waals surface area (Å²) in [4.78, 5) is 0. The Labute approximate surface area is 187 Å². The van der Waals surface area contributed by atoms with E-state index in [0.717, 1.165) is 47.6 Å². The van der Waals surface area contributed by atoms with E-state index in [0.29, 0.717) is 13.2 Å². The molecule has 0 heterocycles. The fraction of sp³-hybridized carbons (Fsp3) is 0.500. The predicted octanol–water partition coefficient (Wildman–Crippen LogP) is 4.95. The molecule has 2 rings (SSSR count). The molecule has 1 unspecified atom stereocenters. The van der Waals surface area contributed by atoms with E-state index in [4.69, 9.17) is 14.2 Å². The Balaban J connectivity index is 0.00000450. The summed E-state index contributed by atoms with van der Waals surface area (Å²) < 4.78 is 16.6. The first kappa shape index (κ1) is 26.1. The number of para-hydroxylation sites is 1. The first-order valence-electron chi connectivity index (χ1n) is 10.3. The molecule has 0 saturated heterocycles. The molecule has 0 fully saturated rings. The number of rotatable bonds is 12. The number of halogens is 1. The van der Waals surface area contributed by atoms with Crippen LogP contribution in [-0.2, 0) is 6.42 Å². The number of hydrogen-bond acceptors (Lipinski definition) is 5. The van der Waals surface area contributed by atoms with Crippen LogP contribution in [0, 0.1) is 0 Å². The smallest absolute Gasteiger partial charge is 0.160 e. The molecule has 6 heteroatoms. The number of unbranched alkanes of at least 4 members (excludes halogenated alkanes) is 1. The van der Waals surface area contributed by atoms with Crippen LogP contribution in [0.15, 0.2) is 42.5 Å². The molecule has 5 nitrogen and oxygen atoms in total. The van der Waals surface area contributed by atoms with Crippen LogP contribution in [0.1, 0.15) is 50.8 Å². The van der Waals surface area contributed by atoms with Crippen LogP contribution in [0.25, 0.3) is 0 Å². The summed E-state index contributed by atoms with van der Waals surface area (Å²) in [5.74, 6) is 2.20. The first-order valence-corrected chi connectivity index (χ1v) is 10.3. The number of nitrogens with one attached hydrogen (secondary N) is 1. The highest BCUT2D eigenvalue weighted by Gasteiger charge is 2.22. The van der Waals surface area contributed by atoms with E-state index in [9.17, 15) is 5.11 Å². The highest BCUT2D eigenvalue weighted by Crippen LogP contribution is 2.29. The summed E-state index contributed by atoms with van der Waals surface area (Å²) in [6.07, 6.45) is 2.23. The van der Waals surface area contributed by atoms with E-state index in [1.165, 1.54) is 0 Å². The van der Waals surface area contributed by atoms with E-state index in [2.05, 4.69) is 26.1 Å². The molecular formula is C24H36ClNO4. The zero-order valence-corrected chi connectivity index (χ0v) is 19.6. The van der Waals surface area contributed by atoms with Gasteiger partial charge in [-0.05, 0) is 50.5 Å². The molecule has 2 aromatic rings. The third kappa shape index (κ3) is 7.71. The molecule has 0 aliphatic heterocycles. The van der Waals surface area contributed by atoms with E-state index in [1.807, 2.05) is 42.5 Å². The molecular weight excluding hydrogens is 402 g/mol. The number of benzene rings is 2. The number of hydrogen-bond donors (Lipinski definition) is 2. The van der Waals surface area contributed by atoms with E-state index >= 15 is 0 Å². The van der Waals surface area contributed by atoms with Crippen molar-refractivity contribution in [2.45, 2.75) is 51.7 Å². The highest BCUT2D eigenvalue weighted by molar-refractivity contribution is 5.85. The lowest BCUT2D eigenvalue weighted by atomic mass is 9.94. The van der Waals surface area contributed by atoms with Gasteiger partial charge in [-0.25, -0.2) is 0 Å². The minimum Gasteiger partial charge on any atom is -0.493 e. The molecule has 2 aromatic carbocycles. The van der Waals surface area contributed by atoms with Crippen LogP contribution in [0.4, 0.5) is 0 Å². The minimum atomic E-state index is -0.641. The van der Waals surface area contributed by atoms with Gasteiger partial charge in [-0.15, -0.1) is 12.4 Å². The van der Waals surface area contributed by atoms with Gasteiger partial charge >= 0.3 is 0 Å². The Morgan fingerprint density at radius 2 is 1.70 bits per heavy atom. The monoisotopic (exact) mass is 437 g/mol. The van der Waals surface area contributed by atoms with E-state index in [1.54, 1.807) is 14.2 Å². The average molecular weight is 438 g/mol. The second-order valence-electron chi connectivity index (χ2n) is 7.89. The lowest BCUT2D eigenvalue weighted by molar-refractivity contribution is 0.155. The summed E-state index contributed by atoms with van der Waals surface area (Å²) >= 11 is 0. The summed E-state index contributed by atoms with van der Waals surface area (Å²) in [5, 5.41) is 14.2. The van der Waals surface area contributed by atoms with E-state index in [-0.39, 0.29) is 17.9 Å². The van der Waals surface area contributed by atoms with Crippen molar-refractivity contribution < 1.29 is 19.3 Å². The van der Waals surface area contributed by atoms with Gasteiger partial charge in [0.2, 0.25) is 0 Å². The Kier molecular flexibility index (Phi) is 11.0. The Morgan fingerprint density at radius 1 is 1.00 bits per heavy atom. The molecule has 0 bridgehead atoms. The van der Waals surface area contributed by atoms with Gasteiger partial charge in [-0.1, -0.05) is 37.6 Å². The van der Waals surface area contributed by atoms with E-state index < -0.39 is 6.10 Å². The van der Waals surface area contributed by atoms with Crippen molar-refractivity contribution in [1.82, 2.24) is 5.32 Å². The maximum atomic E-state index is 10.8. The van der Waals surface area contributed by atoms with Gasteiger partial charge in [0, 0.05) is 17.6 Å². The summed E-state index contributed by atoms with van der Waals surface area (Å²) in [7, 11) is 3.27. The van der Waals surface area contributed by atoms with Crippen molar-refractivity contribution in [2.75, 3.05) is 27.4 Å². The van der Waals surface area contributed by atoms with Crippen molar-refractivity contribution in [3.05, 3.63) is 53.6 Å². The maximum absolute atomic E-state index is 10.8. The normalized spacial score (nSPS) is 12.1. The Hall–Kier alpha value is -1.95.